The van der Waals surface area contributed by atoms with Gasteiger partial charge >= 0.3 is 0 Å². The fraction of sp³-hybridized carbons (Fsp3) is 0.600. The first-order valence-electron chi connectivity index (χ1n) is 6.57. The Hall–Kier alpha value is -0.820. The maximum atomic E-state index is 3.44. The number of unbranched alkanes of at least 4 members (excludes halogenated alkanes) is 1. The Balaban J connectivity index is 2.53. The summed E-state index contributed by atoms with van der Waals surface area (Å²) in [6.45, 7) is 8.79. The summed E-state index contributed by atoms with van der Waals surface area (Å²) in [5.41, 5.74) is 4.37. The molecular formula is C15H25N. The second-order valence-corrected chi connectivity index (χ2v) is 4.54. The first kappa shape index (κ1) is 13.2. The SMILES string of the molecule is CCCCc1ccc(CNCCC)cc1C. The lowest BCUT2D eigenvalue weighted by atomic mass is 10.0. The van der Waals surface area contributed by atoms with Crippen LogP contribution in [-0.4, -0.2) is 6.54 Å². The number of hydrogen-bond acceptors (Lipinski definition) is 1. The molecule has 1 aromatic carbocycles. The first-order chi connectivity index (χ1) is 7.77. The van der Waals surface area contributed by atoms with Crippen LogP contribution < -0.4 is 5.32 Å². The molecule has 0 aliphatic carbocycles. The Kier molecular flexibility index (Phi) is 6.17. The molecule has 0 aliphatic rings. The Bertz CT molecular complexity index is 304. The molecule has 0 radical (unpaired) electrons. The second-order valence-electron chi connectivity index (χ2n) is 4.54. The van der Waals surface area contributed by atoms with Crippen LogP contribution >= 0.6 is 0 Å². The summed E-state index contributed by atoms with van der Waals surface area (Å²) in [4.78, 5) is 0. The van der Waals surface area contributed by atoms with Gasteiger partial charge in [0.25, 0.3) is 0 Å². The molecule has 90 valence electrons. The largest absolute Gasteiger partial charge is 0.313 e. The fourth-order valence-electron chi connectivity index (χ4n) is 1.93. The van der Waals surface area contributed by atoms with Crippen molar-refractivity contribution < 1.29 is 0 Å². The van der Waals surface area contributed by atoms with E-state index in [9.17, 15) is 0 Å². The van der Waals surface area contributed by atoms with Gasteiger partial charge in [-0.1, -0.05) is 38.5 Å². The van der Waals surface area contributed by atoms with E-state index in [0.29, 0.717) is 0 Å². The van der Waals surface area contributed by atoms with E-state index < -0.39 is 0 Å². The zero-order valence-electron chi connectivity index (χ0n) is 11.0. The van der Waals surface area contributed by atoms with Crippen LogP contribution in [0.25, 0.3) is 0 Å². The van der Waals surface area contributed by atoms with Crippen LogP contribution in [0.4, 0.5) is 0 Å². The molecular weight excluding hydrogens is 194 g/mol. The van der Waals surface area contributed by atoms with Crippen LogP contribution in [0.2, 0.25) is 0 Å². The van der Waals surface area contributed by atoms with Crippen molar-refractivity contribution in [3.05, 3.63) is 34.9 Å². The number of hydrogen-bond donors (Lipinski definition) is 1. The quantitative estimate of drug-likeness (QED) is 0.687. The molecule has 1 rings (SSSR count). The highest BCUT2D eigenvalue weighted by atomic mass is 14.8. The van der Waals surface area contributed by atoms with Gasteiger partial charge < -0.3 is 5.32 Å². The zero-order chi connectivity index (χ0) is 11.8. The zero-order valence-corrected chi connectivity index (χ0v) is 11.0. The average molecular weight is 219 g/mol. The van der Waals surface area contributed by atoms with Gasteiger partial charge in [0.1, 0.15) is 0 Å². The van der Waals surface area contributed by atoms with Gasteiger partial charge in [-0.15, -0.1) is 0 Å². The summed E-state index contributed by atoms with van der Waals surface area (Å²) in [5.74, 6) is 0. The predicted octanol–water partition coefficient (Wildman–Crippen LogP) is 3.84. The van der Waals surface area contributed by atoms with Crippen LogP contribution in [0.15, 0.2) is 18.2 Å². The van der Waals surface area contributed by atoms with E-state index in [4.69, 9.17) is 0 Å². The second kappa shape index (κ2) is 7.45. The minimum absolute atomic E-state index is 1.00. The van der Waals surface area contributed by atoms with Crippen LogP contribution in [-0.2, 0) is 13.0 Å². The van der Waals surface area contributed by atoms with Crippen molar-refractivity contribution in [2.75, 3.05) is 6.54 Å². The van der Waals surface area contributed by atoms with Crippen molar-refractivity contribution in [1.82, 2.24) is 5.32 Å². The number of rotatable bonds is 7. The maximum absolute atomic E-state index is 3.44. The van der Waals surface area contributed by atoms with E-state index in [1.807, 2.05) is 0 Å². The molecule has 0 spiro atoms. The van der Waals surface area contributed by atoms with Crippen molar-refractivity contribution in [3.63, 3.8) is 0 Å². The van der Waals surface area contributed by atoms with Crippen LogP contribution in [0, 0.1) is 6.92 Å². The van der Waals surface area contributed by atoms with E-state index in [2.05, 4.69) is 44.3 Å². The van der Waals surface area contributed by atoms with Gasteiger partial charge in [0.05, 0.1) is 0 Å². The third kappa shape index (κ3) is 4.36. The third-order valence-electron chi connectivity index (χ3n) is 2.96. The molecule has 1 heteroatoms. The molecule has 0 atom stereocenters. The van der Waals surface area contributed by atoms with Crippen molar-refractivity contribution >= 4 is 0 Å². The highest BCUT2D eigenvalue weighted by molar-refractivity contribution is 5.31. The first-order valence-corrected chi connectivity index (χ1v) is 6.57. The van der Waals surface area contributed by atoms with Gasteiger partial charge in [-0.3, -0.25) is 0 Å². The Labute approximate surface area is 100 Å². The van der Waals surface area contributed by atoms with Gasteiger partial charge in [0.15, 0.2) is 0 Å². The molecule has 0 bridgehead atoms. The van der Waals surface area contributed by atoms with Gasteiger partial charge in [-0.2, -0.15) is 0 Å². The molecule has 0 amide bonds. The minimum atomic E-state index is 1.00. The fourth-order valence-corrected chi connectivity index (χ4v) is 1.93. The maximum Gasteiger partial charge on any atom is 0.0205 e. The van der Waals surface area contributed by atoms with Gasteiger partial charge in [0.2, 0.25) is 0 Å². The van der Waals surface area contributed by atoms with Crippen LogP contribution in [0.3, 0.4) is 0 Å². The van der Waals surface area contributed by atoms with Gasteiger partial charge in [-0.05, 0) is 49.4 Å². The van der Waals surface area contributed by atoms with Crippen molar-refractivity contribution in [1.29, 1.82) is 0 Å². The van der Waals surface area contributed by atoms with Crippen molar-refractivity contribution in [3.8, 4) is 0 Å². The van der Waals surface area contributed by atoms with Gasteiger partial charge in [0, 0.05) is 6.54 Å². The van der Waals surface area contributed by atoms with Gasteiger partial charge in [-0.25, -0.2) is 0 Å². The lowest BCUT2D eigenvalue weighted by molar-refractivity contribution is 0.674. The summed E-state index contributed by atoms with van der Waals surface area (Å²) >= 11 is 0. The van der Waals surface area contributed by atoms with E-state index in [1.165, 1.54) is 42.4 Å². The van der Waals surface area contributed by atoms with Crippen LogP contribution in [0.5, 0.6) is 0 Å². The highest BCUT2D eigenvalue weighted by Gasteiger charge is 1.99. The van der Waals surface area contributed by atoms with E-state index in [0.717, 1.165) is 13.1 Å². The Morgan fingerprint density at radius 1 is 1.12 bits per heavy atom. The van der Waals surface area contributed by atoms with Crippen molar-refractivity contribution in [2.45, 2.75) is 53.0 Å². The standard InChI is InChI=1S/C15H25N/c1-4-6-7-15-9-8-14(11-13(15)3)12-16-10-5-2/h8-9,11,16H,4-7,10,12H2,1-3H3. The average Bonchev–Trinajstić information content (AvgIpc) is 2.28. The molecule has 1 N–H and O–H groups in total. The molecule has 0 unspecified atom stereocenters. The van der Waals surface area contributed by atoms with E-state index in [1.54, 1.807) is 0 Å². The Morgan fingerprint density at radius 2 is 1.94 bits per heavy atom. The molecule has 1 nitrogen and oxygen atoms in total. The lowest BCUT2D eigenvalue weighted by Crippen LogP contribution is -2.13. The monoisotopic (exact) mass is 219 g/mol. The number of nitrogens with one attached hydrogen (secondary N) is 1. The highest BCUT2D eigenvalue weighted by Crippen LogP contribution is 2.13. The predicted molar refractivity (Wildman–Crippen MR) is 71.8 cm³/mol. The summed E-state index contributed by atoms with van der Waals surface area (Å²) in [6.07, 6.45) is 5.01. The number of aryl methyl sites for hydroxylation is 2. The summed E-state index contributed by atoms with van der Waals surface area (Å²) in [5, 5.41) is 3.44. The molecule has 1 aromatic rings. The molecule has 0 saturated carbocycles. The minimum Gasteiger partial charge on any atom is -0.313 e. The normalized spacial score (nSPS) is 10.7. The summed E-state index contributed by atoms with van der Waals surface area (Å²) < 4.78 is 0. The molecule has 0 aromatic heterocycles. The van der Waals surface area contributed by atoms with Crippen LogP contribution in [0.1, 0.15) is 49.8 Å². The number of benzene rings is 1. The summed E-state index contributed by atoms with van der Waals surface area (Å²) in [7, 11) is 0. The topological polar surface area (TPSA) is 12.0 Å². The molecule has 0 heterocycles. The molecule has 0 aliphatic heterocycles. The van der Waals surface area contributed by atoms with Crippen molar-refractivity contribution in [2.24, 2.45) is 0 Å². The molecule has 16 heavy (non-hydrogen) atoms. The smallest absolute Gasteiger partial charge is 0.0205 e. The summed E-state index contributed by atoms with van der Waals surface area (Å²) in [6, 6.07) is 6.89. The molecule has 0 saturated heterocycles. The van der Waals surface area contributed by atoms with E-state index >= 15 is 0 Å². The lowest BCUT2D eigenvalue weighted by Gasteiger charge is -2.09. The Morgan fingerprint density at radius 3 is 2.56 bits per heavy atom. The third-order valence-corrected chi connectivity index (χ3v) is 2.96. The molecule has 0 fully saturated rings. The van der Waals surface area contributed by atoms with E-state index in [-0.39, 0.29) is 0 Å².